The lowest BCUT2D eigenvalue weighted by molar-refractivity contribution is -0.142. The molecule has 3 aromatic carbocycles. The first-order chi connectivity index (χ1) is 25.4. The van der Waals surface area contributed by atoms with Crippen molar-refractivity contribution in [1.82, 2.24) is 25.2 Å². The third-order valence-electron chi connectivity index (χ3n) is 10.8. The average molecular weight is 692 g/mol. The molecule has 2 fully saturated rings. The summed E-state index contributed by atoms with van der Waals surface area (Å²) in [5.41, 5.74) is 10.3. The molecule has 0 amide bonds. The Morgan fingerprint density at radius 2 is 1.75 bits per heavy atom. The topological polar surface area (TPSA) is 140 Å². The molecule has 0 radical (unpaired) electrons. The van der Waals surface area contributed by atoms with E-state index in [2.05, 4.69) is 64.7 Å². The van der Waals surface area contributed by atoms with Gasteiger partial charge in [0.1, 0.15) is 17.1 Å². The van der Waals surface area contributed by atoms with Crippen molar-refractivity contribution in [3.8, 4) is 28.7 Å². The predicted molar refractivity (Wildman–Crippen MR) is 202 cm³/mol. The minimum Gasteiger partial charge on any atom is -0.481 e. The summed E-state index contributed by atoms with van der Waals surface area (Å²) in [7, 11) is 0. The highest BCUT2D eigenvalue weighted by atomic mass is 16.4. The lowest BCUT2D eigenvalue weighted by Gasteiger charge is -2.17. The van der Waals surface area contributed by atoms with Crippen LogP contribution in [0.1, 0.15) is 59.9 Å². The number of nitrogens with zero attached hydrogens (tertiary/aromatic N) is 5. The van der Waals surface area contributed by atoms with Crippen LogP contribution in [0.5, 0.6) is 0 Å². The largest absolute Gasteiger partial charge is 0.481 e. The summed E-state index contributed by atoms with van der Waals surface area (Å²) in [6.07, 6.45) is 8.73. The van der Waals surface area contributed by atoms with Gasteiger partial charge in [0.2, 0.25) is 5.89 Å². The van der Waals surface area contributed by atoms with Crippen LogP contribution in [0.4, 0.5) is 11.5 Å². The maximum atomic E-state index is 11.7. The number of carboxylic acid groups (broad SMARTS) is 1. The lowest BCUT2D eigenvalue weighted by atomic mass is 9.93. The van der Waals surface area contributed by atoms with E-state index >= 15 is 0 Å². The molecule has 1 saturated heterocycles. The van der Waals surface area contributed by atoms with Gasteiger partial charge in [-0.15, -0.1) is 0 Å². The van der Waals surface area contributed by atoms with Crippen molar-refractivity contribution < 1.29 is 14.3 Å². The van der Waals surface area contributed by atoms with Crippen molar-refractivity contribution >= 4 is 39.5 Å². The maximum Gasteiger partial charge on any atom is 0.308 e. The Bertz CT molecular complexity index is 2350. The highest BCUT2D eigenvalue weighted by Crippen LogP contribution is 2.38. The zero-order valence-electron chi connectivity index (χ0n) is 29.4. The number of pyridine rings is 2. The van der Waals surface area contributed by atoms with E-state index in [0.717, 1.165) is 88.3 Å². The minimum atomic E-state index is -0.763. The fourth-order valence-corrected chi connectivity index (χ4v) is 7.97. The van der Waals surface area contributed by atoms with Crippen LogP contribution in [0, 0.1) is 31.1 Å². The highest BCUT2D eigenvalue weighted by molar-refractivity contribution is 5.91. The van der Waals surface area contributed by atoms with Crippen molar-refractivity contribution in [2.24, 2.45) is 5.92 Å². The van der Waals surface area contributed by atoms with Crippen molar-refractivity contribution in [2.45, 2.75) is 65.1 Å². The second-order valence-corrected chi connectivity index (χ2v) is 14.1. The zero-order valence-corrected chi connectivity index (χ0v) is 29.4. The summed E-state index contributed by atoms with van der Waals surface area (Å²) in [6, 6.07) is 22.5. The summed E-state index contributed by atoms with van der Waals surface area (Å²) in [4.78, 5) is 28.5. The van der Waals surface area contributed by atoms with Gasteiger partial charge in [-0.3, -0.25) is 14.7 Å². The molecule has 0 bridgehead atoms. The molecule has 1 aliphatic carbocycles. The molecule has 8 rings (SSSR count). The average Bonchev–Trinajstić information content (AvgIpc) is 3.93. The van der Waals surface area contributed by atoms with Crippen LogP contribution in [0.25, 0.3) is 44.6 Å². The Kier molecular flexibility index (Phi) is 9.14. The molecule has 10 heteroatoms. The molecule has 1 saturated carbocycles. The molecule has 10 nitrogen and oxygen atoms in total. The summed E-state index contributed by atoms with van der Waals surface area (Å²) in [6.45, 7) is 7.84. The third kappa shape index (κ3) is 6.49. The Morgan fingerprint density at radius 3 is 2.56 bits per heavy atom. The van der Waals surface area contributed by atoms with Gasteiger partial charge >= 0.3 is 5.97 Å². The van der Waals surface area contributed by atoms with E-state index in [-0.39, 0.29) is 6.04 Å². The molecular formula is C42H41N7O3. The minimum absolute atomic E-state index is 0.0909. The first-order valence-electron chi connectivity index (χ1n) is 18.1. The van der Waals surface area contributed by atoms with Crippen molar-refractivity contribution in [1.29, 1.82) is 5.26 Å². The number of nitrogens with one attached hydrogen (secondary N) is 2. The number of oxazole rings is 1. The third-order valence-corrected chi connectivity index (χ3v) is 10.8. The summed E-state index contributed by atoms with van der Waals surface area (Å²) in [5.74, 6) is 0.00809. The van der Waals surface area contributed by atoms with Gasteiger partial charge in [-0.05, 0) is 122 Å². The van der Waals surface area contributed by atoms with Crippen molar-refractivity contribution in [3.63, 3.8) is 0 Å². The molecule has 3 N–H and O–H groups in total. The first-order valence-corrected chi connectivity index (χ1v) is 18.1. The van der Waals surface area contributed by atoms with Crippen LogP contribution in [0.2, 0.25) is 0 Å². The van der Waals surface area contributed by atoms with Crippen molar-refractivity contribution in [3.05, 3.63) is 101 Å². The van der Waals surface area contributed by atoms with E-state index < -0.39 is 11.9 Å². The SMILES string of the molecule is Cc1c(Nc2nccc3cc(CN4CCCC4)cnc23)cccc1-c1cccc(-c2nc3cc(CN[C@H]4CCC[C@H]4C(=O)O)cc(C#N)c3o2)c1C. The van der Waals surface area contributed by atoms with Gasteiger partial charge in [0.25, 0.3) is 0 Å². The number of carbonyl (C=O) groups is 1. The Balaban J connectivity index is 1.06. The molecule has 6 aromatic rings. The quantitative estimate of drug-likeness (QED) is 0.129. The van der Waals surface area contributed by atoms with Gasteiger partial charge in [-0.2, -0.15) is 5.26 Å². The number of aromatic nitrogens is 3. The number of rotatable bonds is 10. The van der Waals surface area contributed by atoms with E-state index in [1.54, 1.807) is 6.07 Å². The standard InChI is InChI=1S/C42H41N7O3/c1-25-31(32-9-6-12-35(26(32)2)47-40-38-29(14-15-44-40)19-28(23-46-38)24-49-16-3-4-17-49)8-5-10-33(25)41-48-37-20-27(18-30(21-43)39(37)52-41)22-45-36-13-7-11-34(36)42(50)51/h5-6,8-10,12,14-15,18-20,23,34,36,45H,3-4,7,11,13,16-17,22,24H2,1-2H3,(H,44,47)(H,50,51)/t34-,36+/m1/s1. The molecule has 4 heterocycles. The van der Waals surface area contributed by atoms with Crippen LogP contribution in [0.15, 0.2) is 77.5 Å². The molecular weight excluding hydrogens is 651 g/mol. The van der Waals surface area contributed by atoms with Crippen LogP contribution < -0.4 is 10.6 Å². The second-order valence-electron chi connectivity index (χ2n) is 14.1. The highest BCUT2D eigenvalue weighted by Gasteiger charge is 2.32. The second kappa shape index (κ2) is 14.2. The summed E-state index contributed by atoms with van der Waals surface area (Å²) >= 11 is 0. The fraction of sp³-hybridized carbons (Fsp3) is 0.310. The Labute approximate surface area is 302 Å². The predicted octanol–water partition coefficient (Wildman–Crippen LogP) is 8.28. The number of hydrogen-bond acceptors (Lipinski definition) is 9. The van der Waals surface area contributed by atoms with E-state index in [1.165, 1.54) is 18.4 Å². The van der Waals surface area contributed by atoms with Gasteiger partial charge in [-0.1, -0.05) is 30.7 Å². The van der Waals surface area contributed by atoms with Crippen LogP contribution >= 0.6 is 0 Å². The fourth-order valence-electron chi connectivity index (χ4n) is 7.97. The molecule has 2 aliphatic rings. The molecule has 3 aromatic heterocycles. The van der Waals surface area contributed by atoms with Crippen molar-refractivity contribution in [2.75, 3.05) is 18.4 Å². The summed E-state index contributed by atoms with van der Waals surface area (Å²) < 4.78 is 6.29. The molecule has 2 atom stereocenters. The number of fused-ring (bicyclic) bond motifs is 2. The van der Waals surface area contributed by atoms with E-state index in [4.69, 9.17) is 14.4 Å². The van der Waals surface area contributed by atoms with Gasteiger partial charge < -0.3 is 20.2 Å². The molecule has 52 heavy (non-hydrogen) atoms. The number of benzene rings is 3. The van der Waals surface area contributed by atoms with Gasteiger partial charge in [0.05, 0.1) is 11.5 Å². The molecule has 1 aliphatic heterocycles. The number of hydrogen-bond donors (Lipinski definition) is 3. The zero-order chi connectivity index (χ0) is 35.8. The lowest BCUT2D eigenvalue weighted by Crippen LogP contribution is -2.35. The van der Waals surface area contributed by atoms with Gasteiger partial charge in [0.15, 0.2) is 11.4 Å². The Hall–Kier alpha value is -5.63. The maximum absolute atomic E-state index is 11.7. The smallest absolute Gasteiger partial charge is 0.308 e. The summed E-state index contributed by atoms with van der Waals surface area (Å²) in [5, 5.41) is 27.6. The number of carboxylic acids is 1. The Morgan fingerprint density at radius 1 is 0.962 bits per heavy atom. The first kappa shape index (κ1) is 33.5. The van der Waals surface area contributed by atoms with Crippen LogP contribution in [0.3, 0.4) is 0 Å². The van der Waals surface area contributed by atoms with Crippen LogP contribution in [-0.2, 0) is 17.9 Å². The number of aliphatic carboxylic acids is 1. The van der Waals surface area contributed by atoms with E-state index in [0.29, 0.717) is 35.5 Å². The van der Waals surface area contributed by atoms with Crippen LogP contribution in [-0.4, -0.2) is 50.1 Å². The van der Waals surface area contributed by atoms with Gasteiger partial charge in [0, 0.05) is 48.2 Å². The number of likely N-dealkylation sites (tertiary alicyclic amines) is 1. The molecule has 0 spiro atoms. The number of nitriles is 1. The van der Waals surface area contributed by atoms with E-state index in [1.807, 2.05) is 42.7 Å². The monoisotopic (exact) mass is 691 g/mol. The van der Waals surface area contributed by atoms with E-state index in [9.17, 15) is 15.2 Å². The molecule has 0 unspecified atom stereocenters. The van der Waals surface area contributed by atoms with Gasteiger partial charge in [-0.25, -0.2) is 9.97 Å². The number of anilines is 2. The molecule has 262 valence electrons. The normalized spacial score (nSPS) is 17.6.